The van der Waals surface area contributed by atoms with Gasteiger partial charge in [0.15, 0.2) is 46.0 Å². The zero-order valence-electron chi connectivity index (χ0n) is 30.9. The van der Waals surface area contributed by atoms with E-state index in [0.29, 0.717) is 89.7 Å². The van der Waals surface area contributed by atoms with Crippen LogP contribution in [0.15, 0.2) is 48.5 Å². The van der Waals surface area contributed by atoms with E-state index < -0.39 is 18.1 Å². The van der Waals surface area contributed by atoms with Gasteiger partial charge in [-0.15, -0.1) is 0 Å². The van der Waals surface area contributed by atoms with Crippen molar-refractivity contribution in [1.29, 1.82) is 0 Å². The summed E-state index contributed by atoms with van der Waals surface area (Å²) in [4.78, 5) is 0. The summed E-state index contributed by atoms with van der Waals surface area (Å²) in [6.45, 7) is 0. The highest BCUT2D eigenvalue weighted by Crippen LogP contribution is 2.36. The largest absolute Gasteiger partial charge is 0.497 e. The Labute approximate surface area is 302 Å². The first-order chi connectivity index (χ1) is 24.7. The second kappa shape index (κ2) is 17.7. The number of ether oxygens (including phenoxy) is 12. The Bertz CT molecular complexity index is 1540. The molecule has 0 fully saturated rings. The summed E-state index contributed by atoms with van der Waals surface area (Å²) >= 11 is 0. The van der Waals surface area contributed by atoms with Crippen LogP contribution in [0.25, 0.3) is 0 Å². The van der Waals surface area contributed by atoms with Crippen molar-refractivity contribution in [3.8, 4) is 69.0 Å². The lowest BCUT2D eigenvalue weighted by molar-refractivity contribution is 0.348. The smallest absolute Gasteiger partial charge is 0.280 e. The van der Waals surface area contributed by atoms with Crippen LogP contribution in [0.4, 0.5) is 0 Å². The Morgan fingerprint density at radius 1 is 0.275 bits per heavy atom. The molecule has 0 heterocycles. The molecule has 0 spiro atoms. The van der Waals surface area contributed by atoms with Gasteiger partial charge in [0, 0.05) is 45.0 Å². The SMILES string of the molecule is COc1cc(OC)c(OC)c([Si](O[Si](c2cc(OC)cc(OC)c2OC)c2cc(OC)cc(OC)c2OC)c2cc(OC)cc(OC)c2OC)c1. The van der Waals surface area contributed by atoms with Crippen LogP contribution in [0, 0.1) is 0 Å². The minimum atomic E-state index is -2.53. The maximum Gasteiger partial charge on any atom is 0.280 e. The minimum absolute atomic E-state index is 0.432. The van der Waals surface area contributed by atoms with Gasteiger partial charge in [0.05, 0.1) is 85.3 Å². The maximum atomic E-state index is 7.60. The summed E-state index contributed by atoms with van der Waals surface area (Å²) in [5, 5.41) is 2.55. The van der Waals surface area contributed by atoms with Crippen LogP contribution in [0.5, 0.6) is 69.0 Å². The molecule has 15 heteroatoms. The molecule has 51 heavy (non-hydrogen) atoms. The highest BCUT2D eigenvalue weighted by Gasteiger charge is 2.39. The van der Waals surface area contributed by atoms with Gasteiger partial charge in [-0.2, -0.15) is 0 Å². The Kier molecular flexibility index (Phi) is 13.4. The molecule has 0 aliphatic rings. The van der Waals surface area contributed by atoms with E-state index in [1.165, 1.54) is 0 Å². The molecule has 4 aromatic carbocycles. The molecule has 0 unspecified atom stereocenters. The number of benzene rings is 4. The molecular weight excluding hydrogens is 697 g/mol. The molecule has 4 aromatic rings. The van der Waals surface area contributed by atoms with E-state index in [1.54, 1.807) is 110 Å². The molecule has 2 radical (unpaired) electrons. The van der Waals surface area contributed by atoms with Crippen LogP contribution < -0.4 is 77.6 Å². The monoisotopic (exact) mass is 740 g/mol. The van der Waals surface area contributed by atoms with Crippen LogP contribution >= 0.6 is 0 Å². The topological polar surface area (TPSA) is 120 Å². The van der Waals surface area contributed by atoms with Crippen molar-refractivity contribution >= 4 is 38.8 Å². The Morgan fingerprint density at radius 2 is 0.490 bits per heavy atom. The van der Waals surface area contributed by atoms with E-state index in [2.05, 4.69) is 0 Å². The fraction of sp³-hybridized carbons (Fsp3) is 0.333. The van der Waals surface area contributed by atoms with Crippen LogP contribution in [-0.2, 0) is 4.12 Å². The maximum absolute atomic E-state index is 7.60. The van der Waals surface area contributed by atoms with E-state index in [0.717, 1.165) is 0 Å². The zero-order valence-corrected chi connectivity index (χ0v) is 32.9. The molecular formula is C36H44O13Si2. The summed E-state index contributed by atoms with van der Waals surface area (Å²) in [7, 11) is 13.7. The highest BCUT2D eigenvalue weighted by molar-refractivity contribution is 6.93. The molecule has 0 saturated heterocycles. The van der Waals surface area contributed by atoms with E-state index in [1.807, 2.05) is 24.3 Å². The Morgan fingerprint density at radius 3 is 0.647 bits per heavy atom. The normalized spacial score (nSPS) is 10.8. The zero-order chi connectivity index (χ0) is 37.2. The molecule has 0 bridgehead atoms. The second-order valence-electron chi connectivity index (χ2n) is 10.4. The van der Waals surface area contributed by atoms with Gasteiger partial charge in [0.1, 0.15) is 23.0 Å². The highest BCUT2D eigenvalue weighted by atomic mass is 28.4. The molecule has 274 valence electrons. The molecule has 0 amide bonds. The van der Waals surface area contributed by atoms with Crippen molar-refractivity contribution in [2.24, 2.45) is 0 Å². The molecule has 0 atom stereocenters. The summed E-state index contributed by atoms with van der Waals surface area (Å²) in [6, 6.07) is 14.4. The van der Waals surface area contributed by atoms with Gasteiger partial charge in [-0.25, -0.2) is 0 Å². The molecule has 0 N–H and O–H groups in total. The van der Waals surface area contributed by atoms with Gasteiger partial charge in [0.2, 0.25) is 0 Å². The molecule has 0 aromatic heterocycles. The molecule has 0 aliphatic heterocycles. The van der Waals surface area contributed by atoms with Gasteiger partial charge in [-0.1, -0.05) is 0 Å². The third kappa shape index (κ3) is 7.79. The molecule has 0 aliphatic carbocycles. The Hall–Kier alpha value is -5.13. The average Bonchev–Trinajstić information content (AvgIpc) is 3.18. The Balaban J connectivity index is 2.24. The summed E-state index contributed by atoms with van der Waals surface area (Å²) in [5.74, 6) is 5.51. The van der Waals surface area contributed by atoms with Gasteiger partial charge in [-0.05, 0) is 24.3 Å². The van der Waals surface area contributed by atoms with E-state index in [4.69, 9.17) is 61.0 Å². The molecule has 13 nitrogen and oxygen atoms in total. The fourth-order valence-corrected chi connectivity index (χ4v) is 11.5. The van der Waals surface area contributed by atoms with Crippen molar-refractivity contribution in [3.63, 3.8) is 0 Å². The van der Waals surface area contributed by atoms with Gasteiger partial charge in [0.25, 0.3) is 18.1 Å². The van der Waals surface area contributed by atoms with Crippen LogP contribution in [-0.4, -0.2) is 103 Å². The van der Waals surface area contributed by atoms with Crippen molar-refractivity contribution < 1.29 is 61.0 Å². The van der Waals surface area contributed by atoms with E-state index >= 15 is 0 Å². The third-order valence-electron chi connectivity index (χ3n) is 7.94. The fourth-order valence-electron chi connectivity index (χ4n) is 5.51. The summed E-state index contributed by atoms with van der Waals surface area (Å²) in [6.07, 6.45) is 0. The van der Waals surface area contributed by atoms with Crippen molar-refractivity contribution in [3.05, 3.63) is 48.5 Å². The lowest BCUT2D eigenvalue weighted by Gasteiger charge is -2.29. The van der Waals surface area contributed by atoms with Crippen LogP contribution in [0.3, 0.4) is 0 Å². The lowest BCUT2D eigenvalue weighted by Crippen LogP contribution is -2.57. The first kappa shape index (κ1) is 38.7. The molecule has 0 saturated carbocycles. The average molecular weight is 741 g/mol. The quantitative estimate of drug-likeness (QED) is 0.139. The van der Waals surface area contributed by atoms with E-state index in [-0.39, 0.29) is 0 Å². The predicted octanol–water partition coefficient (Wildman–Crippen LogP) is 2.72. The number of methoxy groups -OCH3 is 12. The van der Waals surface area contributed by atoms with Gasteiger partial charge < -0.3 is 61.0 Å². The van der Waals surface area contributed by atoms with Crippen molar-refractivity contribution in [2.75, 3.05) is 85.3 Å². The van der Waals surface area contributed by atoms with Crippen LogP contribution in [0.1, 0.15) is 0 Å². The minimum Gasteiger partial charge on any atom is -0.497 e. The second-order valence-corrected chi connectivity index (χ2v) is 14.7. The number of rotatable bonds is 18. The first-order valence-electron chi connectivity index (χ1n) is 15.4. The van der Waals surface area contributed by atoms with E-state index in [9.17, 15) is 0 Å². The van der Waals surface area contributed by atoms with Gasteiger partial charge in [-0.3, -0.25) is 0 Å². The summed E-state index contributed by atoms with van der Waals surface area (Å²) < 4.78 is 77.9. The van der Waals surface area contributed by atoms with Crippen molar-refractivity contribution in [2.45, 2.75) is 0 Å². The predicted molar refractivity (Wildman–Crippen MR) is 196 cm³/mol. The lowest BCUT2D eigenvalue weighted by atomic mass is 10.3. The van der Waals surface area contributed by atoms with Crippen molar-refractivity contribution in [1.82, 2.24) is 0 Å². The number of hydrogen-bond acceptors (Lipinski definition) is 13. The van der Waals surface area contributed by atoms with Gasteiger partial charge >= 0.3 is 0 Å². The number of hydrogen-bond donors (Lipinski definition) is 0. The third-order valence-corrected chi connectivity index (χ3v) is 13.0. The summed E-state index contributed by atoms with van der Waals surface area (Å²) in [5.41, 5.74) is 0. The first-order valence-corrected chi connectivity index (χ1v) is 18.2. The standard InChI is InChI=1S/C36H44O13Si2/c1-37-21-13-25(41-5)33(45-9)29(17-21)50(30-18-22(38-2)14-26(42-6)34(30)46-10)49-51(31-19-23(39-3)15-27(43-7)35(31)47-11)32-20-24(40-4)16-28(44-8)36(32)48-12/h13-20H,1-12H3. The molecule has 4 rings (SSSR count). The van der Waals surface area contributed by atoms with Crippen LogP contribution in [0.2, 0.25) is 0 Å².